The lowest BCUT2D eigenvalue weighted by Crippen LogP contribution is -2.21. The number of hydrogen-bond acceptors (Lipinski definition) is 2. The molecule has 1 atom stereocenters. The summed E-state index contributed by atoms with van der Waals surface area (Å²) in [5.74, 6) is 0.396. The van der Waals surface area contributed by atoms with Gasteiger partial charge in [0.15, 0.2) is 0 Å². The predicted molar refractivity (Wildman–Crippen MR) is 84.4 cm³/mol. The van der Waals surface area contributed by atoms with Crippen LogP contribution in [0.3, 0.4) is 0 Å². The summed E-state index contributed by atoms with van der Waals surface area (Å²) >= 11 is 6.32. The van der Waals surface area contributed by atoms with Crippen LogP contribution in [0.5, 0.6) is 0 Å². The zero-order valence-electron chi connectivity index (χ0n) is 12.3. The molecule has 108 valence electrons. The molecule has 20 heavy (non-hydrogen) atoms. The van der Waals surface area contributed by atoms with Gasteiger partial charge in [-0.3, -0.25) is 4.68 Å². The van der Waals surface area contributed by atoms with Crippen LogP contribution in [0.2, 0.25) is 5.02 Å². The summed E-state index contributed by atoms with van der Waals surface area (Å²) in [6, 6.07) is 10.9. The van der Waals surface area contributed by atoms with E-state index in [0.29, 0.717) is 12.0 Å². The molecule has 1 unspecified atom stereocenters. The Kier molecular flexibility index (Phi) is 5.21. The average Bonchev–Trinajstić information content (AvgIpc) is 2.81. The lowest BCUT2D eigenvalue weighted by atomic mass is 9.94. The normalized spacial score (nSPS) is 12.8. The van der Waals surface area contributed by atoms with E-state index in [2.05, 4.69) is 48.5 Å². The topological polar surface area (TPSA) is 29.9 Å². The second-order valence-electron chi connectivity index (χ2n) is 5.35. The smallest absolute Gasteiger partial charge is 0.0818 e. The Morgan fingerprint density at radius 3 is 2.55 bits per heavy atom. The molecule has 3 nitrogen and oxygen atoms in total. The van der Waals surface area contributed by atoms with E-state index in [1.165, 1.54) is 5.56 Å². The molecule has 0 amide bonds. The fourth-order valence-corrected chi connectivity index (χ4v) is 2.72. The molecule has 1 aromatic carbocycles. The van der Waals surface area contributed by atoms with Gasteiger partial charge in [0.05, 0.1) is 16.9 Å². The van der Waals surface area contributed by atoms with Gasteiger partial charge in [0.1, 0.15) is 0 Å². The van der Waals surface area contributed by atoms with Crippen LogP contribution < -0.4 is 5.32 Å². The average molecular weight is 292 g/mol. The number of likely N-dealkylation sites (N-methyl/N-ethyl adjacent to an activating group) is 1. The first kappa shape index (κ1) is 15.1. The van der Waals surface area contributed by atoms with Crippen molar-refractivity contribution < 1.29 is 0 Å². The van der Waals surface area contributed by atoms with Crippen LogP contribution >= 0.6 is 11.6 Å². The quantitative estimate of drug-likeness (QED) is 0.880. The maximum absolute atomic E-state index is 6.32. The van der Waals surface area contributed by atoms with Crippen molar-refractivity contribution in [2.45, 2.75) is 32.2 Å². The molecule has 0 bridgehead atoms. The summed E-state index contributed by atoms with van der Waals surface area (Å²) in [6.45, 7) is 5.18. The van der Waals surface area contributed by atoms with Gasteiger partial charge in [-0.1, -0.05) is 41.9 Å². The summed E-state index contributed by atoms with van der Waals surface area (Å²) in [5.41, 5.74) is 2.44. The molecule has 0 aliphatic heterocycles. The molecule has 0 fully saturated rings. The summed E-state index contributed by atoms with van der Waals surface area (Å²) in [4.78, 5) is 0. The number of nitrogens with zero attached hydrogens (tertiary/aromatic N) is 2. The van der Waals surface area contributed by atoms with Crippen molar-refractivity contribution in [1.29, 1.82) is 0 Å². The van der Waals surface area contributed by atoms with Gasteiger partial charge in [-0.25, -0.2) is 0 Å². The van der Waals surface area contributed by atoms with Crippen molar-refractivity contribution in [3.63, 3.8) is 0 Å². The third kappa shape index (κ3) is 3.41. The van der Waals surface area contributed by atoms with Gasteiger partial charge in [-0.05, 0) is 32.9 Å². The van der Waals surface area contributed by atoms with Crippen molar-refractivity contribution in [3.05, 3.63) is 52.8 Å². The maximum atomic E-state index is 6.32. The summed E-state index contributed by atoms with van der Waals surface area (Å²) in [7, 11) is 1.98. The second kappa shape index (κ2) is 6.91. The van der Waals surface area contributed by atoms with Crippen LogP contribution in [0.1, 0.15) is 37.1 Å². The van der Waals surface area contributed by atoms with E-state index >= 15 is 0 Å². The Morgan fingerprint density at radius 2 is 1.95 bits per heavy atom. The first-order valence-electron chi connectivity index (χ1n) is 7.05. The van der Waals surface area contributed by atoms with Gasteiger partial charge in [-0.2, -0.15) is 5.10 Å². The SMILES string of the molecule is CNCC(Cc1c(Cl)cnn1C(C)C)c1ccccc1. The van der Waals surface area contributed by atoms with Crippen molar-refractivity contribution in [1.82, 2.24) is 15.1 Å². The van der Waals surface area contributed by atoms with Gasteiger partial charge >= 0.3 is 0 Å². The number of benzene rings is 1. The monoisotopic (exact) mass is 291 g/mol. The highest BCUT2D eigenvalue weighted by atomic mass is 35.5. The van der Waals surface area contributed by atoms with Crippen molar-refractivity contribution in [2.24, 2.45) is 0 Å². The van der Waals surface area contributed by atoms with E-state index in [0.717, 1.165) is 23.7 Å². The van der Waals surface area contributed by atoms with E-state index in [-0.39, 0.29) is 0 Å². The van der Waals surface area contributed by atoms with Crippen LogP contribution in [0.25, 0.3) is 0 Å². The van der Waals surface area contributed by atoms with E-state index in [1.807, 2.05) is 17.8 Å². The molecule has 1 N–H and O–H groups in total. The fraction of sp³-hybridized carbons (Fsp3) is 0.438. The number of halogens is 1. The molecule has 2 aromatic rings. The molecule has 4 heteroatoms. The molecule has 0 saturated carbocycles. The third-order valence-corrected chi connectivity index (χ3v) is 3.81. The molecule has 0 aliphatic carbocycles. The van der Waals surface area contributed by atoms with E-state index in [1.54, 1.807) is 6.20 Å². The van der Waals surface area contributed by atoms with Crippen LogP contribution in [0.4, 0.5) is 0 Å². The Hall–Kier alpha value is -1.32. The standard InChI is InChI=1S/C16H22ClN3/c1-12(2)20-16(15(17)11-19-20)9-14(10-18-3)13-7-5-4-6-8-13/h4-8,11-12,14,18H,9-10H2,1-3H3. The molecule has 0 aliphatic rings. The first-order valence-corrected chi connectivity index (χ1v) is 7.42. The predicted octanol–water partition coefficient (Wildman–Crippen LogP) is 3.66. The van der Waals surface area contributed by atoms with Gasteiger partial charge in [0.2, 0.25) is 0 Å². The Labute approximate surface area is 126 Å². The molecular weight excluding hydrogens is 270 g/mol. The summed E-state index contributed by atoms with van der Waals surface area (Å²) < 4.78 is 2.02. The Bertz CT molecular complexity index is 534. The van der Waals surface area contributed by atoms with E-state index in [4.69, 9.17) is 11.6 Å². The third-order valence-electron chi connectivity index (χ3n) is 3.50. The highest BCUT2D eigenvalue weighted by Crippen LogP contribution is 2.26. The van der Waals surface area contributed by atoms with Gasteiger partial charge in [0, 0.05) is 18.5 Å². The van der Waals surface area contributed by atoms with Crippen LogP contribution in [-0.4, -0.2) is 23.4 Å². The van der Waals surface area contributed by atoms with Crippen molar-refractivity contribution in [2.75, 3.05) is 13.6 Å². The minimum Gasteiger partial charge on any atom is -0.319 e. The molecule has 0 spiro atoms. The zero-order valence-corrected chi connectivity index (χ0v) is 13.1. The lowest BCUT2D eigenvalue weighted by molar-refractivity contribution is 0.492. The first-order chi connectivity index (χ1) is 9.63. The Morgan fingerprint density at radius 1 is 1.25 bits per heavy atom. The largest absolute Gasteiger partial charge is 0.319 e. The van der Waals surface area contributed by atoms with Crippen LogP contribution in [0.15, 0.2) is 36.5 Å². The van der Waals surface area contributed by atoms with Crippen molar-refractivity contribution >= 4 is 11.6 Å². The minimum atomic E-state index is 0.323. The van der Waals surface area contributed by atoms with Crippen LogP contribution in [-0.2, 0) is 6.42 Å². The van der Waals surface area contributed by atoms with E-state index in [9.17, 15) is 0 Å². The highest BCUT2D eigenvalue weighted by molar-refractivity contribution is 6.31. The number of aromatic nitrogens is 2. The molecule has 0 saturated heterocycles. The van der Waals surface area contributed by atoms with Crippen LogP contribution in [0, 0.1) is 0 Å². The molecular formula is C16H22ClN3. The number of rotatable bonds is 6. The minimum absolute atomic E-state index is 0.323. The fourth-order valence-electron chi connectivity index (χ4n) is 2.52. The molecule has 1 aromatic heterocycles. The highest BCUT2D eigenvalue weighted by Gasteiger charge is 2.18. The van der Waals surface area contributed by atoms with Crippen molar-refractivity contribution in [3.8, 4) is 0 Å². The molecule has 0 radical (unpaired) electrons. The number of nitrogens with one attached hydrogen (secondary N) is 1. The van der Waals surface area contributed by atoms with E-state index < -0.39 is 0 Å². The van der Waals surface area contributed by atoms with Gasteiger partial charge in [-0.15, -0.1) is 0 Å². The zero-order chi connectivity index (χ0) is 14.5. The lowest BCUT2D eigenvalue weighted by Gasteiger charge is -2.19. The van der Waals surface area contributed by atoms with Gasteiger partial charge < -0.3 is 5.32 Å². The van der Waals surface area contributed by atoms with Gasteiger partial charge in [0.25, 0.3) is 0 Å². The second-order valence-corrected chi connectivity index (χ2v) is 5.75. The summed E-state index contributed by atoms with van der Waals surface area (Å²) in [5, 5.41) is 8.42. The number of hydrogen-bond donors (Lipinski definition) is 1. The maximum Gasteiger partial charge on any atom is 0.0818 e. The molecule has 1 heterocycles. The molecule has 2 rings (SSSR count). The summed E-state index contributed by atoms with van der Waals surface area (Å²) in [6.07, 6.45) is 2.64. The Balaban J connectivity index is 2.27.